The maximum absolute atomic E-state index is 14.3. The van der Waals surface area contributed by atoms with Crippen molar-refractivity contribution in [3.8, 4) is 0 Å². The van der Waals surface area contributed by atoms with Crippen LogP contribution >= 0.6 is 0 Å². The second-order valence-electron chi connectivity index (χ2n) is 11.1. The number of aliphatic hydroxyl groups is 1. The molecule has 0 bridgehead atoms. The van der Waals surface area contributed by atoms with E-state index in [2.05, 4.69) is 14.2 Å². The quantitative estimate of drug-likeness (QED) is 0.0759. The fourth-order valence-electron chi connectivity index (χ4n) is 3.61. The summed E-state index contributed by atoms with van der Waals surface area (Å²) in [6.45, 7) is -3.47. The molecule has 38 heteroatoms. The number of alkyl halides is 30. The van der Waals surface area contributed by atoms with Crippen molar-refractivity contribution < 1.29 is 170 Å². The first kappa shape index (κ1) is 54.0. The van der Waals surface area contributed by atoms with E-state index in [0.29, 0.717) is 0 Å². The molecule has 352 valence electrons. The van der Waals surface area contributed by atoms with Gasteiger partial charge in [0, 0.05) is 0 Å². The summed E-state index contributed by atoms with van der Waals surface area (Å²) in [7, 11) is 0. The molecular formula is C22H6F30O8. The van der Waals surface area contributed by atoms with Crippen molar-refractivity contribution in [2.24, 2.45) is 0 Å². The third kappa shape index (κ3) is 7.20. The van der Waals surface area contributed by atoms with E-state index >= 15 is 0 Å². The minimum absolute atomic E-state index is 2.59. The van der Waals surface area contributed by atoms with Crippen LogP contribution in [0.2, 0.25) is 0 Å². The van der Waals surface area contributed by atoms with Crippen LogP contribution in [-0.4, -0.2) is 137 Å². The summed E-state index contributed by atoms with van der Waals surface area (Å²) in [5.41, 5.74) is 0. The van der Waals surface area contributed by atoms with E-state index in [1.54, 1.807) is 0 Å². The van der Waals surface area contributed by atoms with Crippen LogP contribution in [0.15, 0.2) is 0 Å². The predicted octanol–water partition coefficient (Wildman–Crippen LogP) is 7.05. The van der Waals surface area contributed by atoms with Crippen molar-refractivity contribution in [1.29, 1.82) is 0 Å². The zero-order valence-corrected chi connectivity index (χ0v) is 26.1. The van der Waals surface area contributed by atoms with E-state index in [-0.39, 0.29) is 0 Å². The Balaban J connectivity index is 3.76. The Hall–Kier alpha value is -4.06. The van der Waals surface area contributed by atoms with E-state index in [1.807, 2.05) is 0 Å². The normalized spacial score (nSPS) is 19.9. The molecule has 0 amide bonds. The van der Waals surface area contributed by atoms with Crippen LogP contribution in [0.5, 0.6) is 0 Å². The van der Waals surface area contributed by atoms with Gasteiger partial charge in [-0.25, -0.2) is 14.4 Å². The minimum atomic E-state index is -9.13. The Labute approximate surface area is 303 Å². The maximum atomic E-state index is 14.3. The summed E-state index contributed by atoms with van der Waals surface area (Å²) < 4.78 is 411. The molecule has 1 heterocycles. The monoisotopic (exact) mass is 968 g/mol. The van der Waals surface area contributed by atoms with Gasteiger partial charge in [0.1, 0.15) is 6.61 Å². The number of cyclic esters (lactones) is 1. The third-order valence-corrected chi connectivity index (χ3v) is 7.16. The van der Waals surface area contributed by atoms with Crippen molar-refractivity contribution in [3.05, 3.63) is 0 Å². The SMILES string of the molecule is O=C1OC(C(COC(=O)C(F)(F)C(F)(F)C(F)(F)C(F)(F)C(F)(F)C(F)(F)C(F)(F)F)OC(=O)C(F)(F)C(F)(F)C(F)(F)C(F)(F)C(F)(F)C(F)(F)C(F)(F)F)C(=O)C1O. The number of hydrogen-bond acceptors (Lipinski definition) is 8. The Morgan fingerprint density at radius 3 is 1.00 bits per heavy atom. The van der Waals surface area contributed by atoms with Gasteiger partial charge < -0.3 is 19.3 Å². The number of aliphatic hydroxyl groups excluding tert-OH is 1. The van der Waals surface area contributed by atoms with E-state index in [0.717, 1.165) is 0 Å². The number of rotatable bonds is 16. The average molecular weight is 968 g/mol. The average Bonchev–Trinajstić information content (AvgIpc) is 3.30. The molecule has 1 rings (SSSR count). The number of hydrogen-bond donors (Lipinski definition) is 1. The number of carbonyl (C=O) groups excluding carboxylic acids is 4. The highest BCUT2D eigenvalue weighted by atomic mass is 19.4. The fraction of sp³-hybridized carbons (Fsp3) is 0.818. The molecule has 1 saturated heterocycles. The highest BCUT2D eigenvalue weighted by molar-refractivity contribution is 6.09. The lowest BCUT2D eigenvalue weighted by Crippen LogP contribution is -2.73. The van der Waals surface area contributed by atoms with E-state index in [4.69, 9.17) is 5.11 Å². The predicted molar refractivity (Wildman–Crippen MR) is 113 cm³/mol. The van der Waals surface area contributed by atoms with Crippen LogP contribution < -0.4 is 0 Å². The Kier molecular flexibility index (Phi) is 13.1. The second-order valence-corrected chi connectivity index (χ2v) is 11.1. The Bertz CT molecular complexity index is 1680. The van der Waals surface area contributed by atoms with Crippen LogP contribution in [0.25, 0.3) is 0 Å². The second kappa shape index (κ2) is 14.5. The molecule has 3 atom stereocenters. The molecule has 0 saturated carbocycles. The fourth-order valence-corrected chi connectivity index (χ4v) is 3.61. The molecular weight excluding hydrogens is 962 g/mol. The van der Waals surface area contributed by atoms with Crippen LogP contribution in [0, 0.1) is 0 Å². The lowest BCUT2D eigenvalue weighted by molar-refractivity contribution is -0.450. The maximum Gasteiger partial charge on any atom is 0.460 e. The van der Waals surface area contributed by atoms with Crippen molar-refractivity contribution in [2.75, 3.05) is 6.61 Å². The molecule has 8 nitrogen and oxygen atoms in total. The molecule has 1 fully saturated rings. The highest BCUT2D eigenvalue weighted by Gasteiger charge is 2.96. The van der Waals surface area contributed by atoms with Gasteiger partial charge in [0.15, 0.2) is 6.10 Å². The number of ketones is 1. The largest absolute Gasteiger partial charge is 0.460 e. The van der Waals surface area contributed by atoms with Crippen LogP contribution in [0.4, 0.5) is 132 Å². The lowest BCUT2D eigenvalue weighted by atomic mass is 9.91. The summed E-state index contributed by atoms with van der Waals surface area (Å²) >= 11 is 0. The van der Waals surface area contributed by atoms with Gasteiger partial charge in [0.05, 0.1) is 0 Å². The zero-order chi connectivity index (χ0) is 48.9. The highest BCUT2D eigenvalue weighted by Crippen LogP contribution is 2.64. The molecule has 60 heavy (non-hydrogen) atoms. The Morgan fingerprint density at radius 1 is 0.467 bits per heavy atom. The summed E-state index contributed by atoms with van der Waals surface area (Å²) in [6.07, 6.45) is -28.1. The zero-order valence-electron chi connectivity index (χ0n) is 26.1. The summed E-state index contributed by atoms with van der Waals surface area (Å²) in [5, 5.41) is 9.16. The van der Waals surface area contributed by atoms with Crippen molar-refractivity contribution in [1.82, 2.24) is 0 Å². The first-order valence-electron chi connectivity index (χ1n) is 13.2. The molecule has 0 aromatic rings. The molecule has 0 radical (unpaired) electrons. The van der Waals surface area contributed by atoms with Gasteiger partial charge in [0.25, 0.3) is 0 Å². The van der Waals surface area contributed by atoms with E-state index in [1.165, 1.54) is 0 Å². The first-order valence-corrected chi connectivity index (χ1v) is 13.2. The number of esters is 3. The molecule has 1 aliphatic rings. The van der Waals surface area contributed by atoms with Gasteiger partial charge in [-0.2, -0.15) is 132 Å². The van der Waals surface area contributed by atoms with Gasteiger partial charge in [0.2, 0.25) is 18.0 Å². The van der Waals surface area contributed by atoms with Gasteiger partial charge in [-0.05, 0) is 0 Å². The number of halogens is 30. The van der Waals surface area contributed by atoms with E-state index in [9.17, 15) is 151 Å². The van der Waals surface area contributed by atoms with Gasteiger partial charge in [-0.3, -0.25) is 4.79 Å². The van der Waals surface area contributed by atoms with Crippen LogP contribution in [-0.2, 0) is 33.4 Å². The molecule has 0 aromatic carbocycles. The third-order valence-electron chi connectivity index (χ3n) is 7.16. The molecule has 1 N–H and O–H groups in total. The Morgan fingerprint density at radius 2 is 0.733 bits per heavy atom. The van der Waals surface area contributed by atoms with Crippen molar-refractivity contribution in [2.45, 2.75) is 102 Å². The van der Waals surface area contributed by atoms with Crippen LogP contribution in [0.1, 0.15) is 0 Å². The summed E-state index contributed by atoms with van der Waals surface area (Å²) in [5.74, 6) is -121. The summed E-state index contributed by atoms with van der Waals surface area (Å²) in [4.78, 5) is 46.5. The van der Waals surface area contributed by atoms with Gasteiger partial charge in [-0.1, -0.05) is 0 Å². The standard InChI is InChI=1S/C22H6F30O8/c23-9(24,11(27,28)13(31,32)15(35,36)17(39,40)19(43,44)21(47,48)49)7(56)58-1-2(5-3(53)4(54)6(55)60-5)59-8(57)10(25,26)12(29,30)14(33,34)16(37,38)18(41,42)20(45,46)22(50,51)52/h2,4-5,54H,1H2. The van der Waals surface area contributed by atoms with Crippen molar-refractivity contribution in [3.63, 3.8) is 0 Å². The van der Waals surface area contributed by atoms with Crippen LogP contribution in [0.3, 0.4) is 0 Å². The minimum Gasteiger partial charge on any atom is -0.457 e. The number of carbonyl (C=O) groups is 4. The van der Waals surface area contributed by atoms with Crippen molar-refractivity contribution >= 4 is 23.7 Å². The smallest absolute Gasteiger partial charge is 0.457 e. The van der Waals surface area contributed by atoms with Gasteiger partial charge >= 0.3 is 101 Å². The van der Waals surface area contributed by atoms with Gasteiger partial charge in [-0.15, -0.1) is 0 Å². The molecule has 0 spiro atoms. The lowest BCUT2D eigenvalue weighted by Gasteiger charge is -2.41. The molecule has 1 aliphatic heterocycles. The number of ether oxygens (including phenoxy) is 3. The molecule has 0 aliphatic carbocycles. The molecule has 3 unspecified atom stereocenters. The number of Topliss-reactive ketones (excluding diaryl/α,β-unsaturated/α-hetero) is 1. The molecule has 0 aromatic heterocycles. The van der Waals surface area contributed by atoms with E-state index < -0.39 is 132 Å². The topological polar surface area (TPSA) is 116 Å². The summed E-state index contributed by atoms with van der Waals surface area (Å²) in [6, 6.07) is 0. The first-order chi connectivity index (χ1) is 25.7.